The van der Waals surface area contributed by atoms with E-state index in [1.165, 1.54) is 0 Å². The van der Waals surface area contributed by atoms with Crippen LogP contribution < -0.4 is 20.7 Å². The summed E-state index contributed by atoms with van der Waals surface area (Å²) in [4.78, 5) is 47.6. The second-order valence-corrected chi connectivity index (χ2v) is 9.25. The molecule has 0 bridgehead atoms. The van der Waals surface area contributed by atoms with Gasteiger partial charge in [-0.15, -0.1) is 0 Å². The summed E-state index contributed by atoms with van der Waals surface area (Å²) < 4.78 is 11.0. The summed E-state index contributed by atoms with van der Waals surface area (Å²) in [5.41, 5.74) is 1.01. The molecular weight excluding hydrogens is 454 g/mol. The monoisotopic (exact) mass is 493 g/mol. The second kappa shape index (κ2) is 15.0. The molecule has 1 rings (SSSR count). The zero-order valence-corrected chi connectivity index (χ0v) is 21.5. The Morgan fingerprint density at radius 1 is 1.03 bits per heavy atom. The molecule has 0 radical (unpaired) electrons. The van der Waals surface area contributed by atoms with Gasteiger partial charge in [0.15, 0.2) is 0 Å². The Hall–Kier alpha value is -3.14. The Balaban J connectivity index is 2.85. The number of amides is 2. The maximum Gasteiger partial charge on any atom is 0.308 e. The van der Waals surface area contributed by atoms with Crippen molar-refractivity contribution < 1.29 is 33.8 Å². The third kappa shape index (κ3) is 11.7. The number of nitrogens with one attached hydrogen (secondary N) is 3. The quantitative estimate of drug-likeness (QED) is 0.216. The molecule has 1 atom stereocenters. The molecule has 1 aromatic carbocycles. The lowest BCUT2D eigenvalue weighted by atomic mass is 10.0. The van der Waals surface area contributed by atoms with Crippen LogP contribution in [0.1, 0.15) is 59.9 Å². The van der Waals surface area contributed by atoms with Crippen molar-refractivity contribution in [2.45, 2.75) is 73.1 Å². The number of hydrogen-bond acceptors (Lipinski definition) is 7. The fourth-order valence-electron chi connectivity index (χ4n) is 3.01. The van der Waals surface area contributed by atoms with Crippen LogP contribution in [0.15, 0.2) is 18.2 Å². The standard InChI is InChI=1S/C25H39N3O7/c1-15(2)23(27-17(5)6)24(32)26-13-21(29)28-19-10-9-18(14-35-25(33)16(3)4)12-20(19)34-11-7-8-22(30)31/h9-10,12,15-17,23,27H,7-8,11,13-14H2,1-6H3,(H,26,32)(H,28,29)(H,30,31). The number of aliphatic carboxylic acids is 1. The van der Waals surface area contributed by atoms with Crippen molar-refractivity contribution in [2.24, 2.45) is 11.8 Å². The van der Waals surface area contributed by atoms with Gasteiger partial charge in [0, 0.05) is 12.5 Å². The van der Waals surface area contributed by atoms with Gasteiger partial charge in [0.2, 0.25) is 11.8 Å². The fraction of sp³-hybridized carbons (Fsp3) is 0.600. The molecule has 0 aliphatic carbocycles. The normalized spacial score (nSPS) is 11.9. The number of carboxylic acids is 1. The summed E-state index contributed by atoms with van der Waals surface area (Å²) in [6, 6.07) is 4.61. The summed E-state index contributed by atoms with van der Waals surface area (Å²) in [5, 5.41) is 17.4. The minimum absolute atomic E-state index is 0.0340. The largest absolute Gasteiger partial charge is 0.491 e. The minimum atomic E-state index is -0.932. The second-order valence-electron chi connectivity index (χ2n) is 9.25. The van der Waals surface area contributed by atoms with Crippen LogP contribution in [0.3, 0.4) is 0 Å². The lowest BCUT2D eigenvalue weighted by Gasteiger charge is -2.23. The molecule has 1 unspecified atom stereocenters. The van der Waals surface area contributed by atoms with Crippen LogP contribution in [-0.2, 0) is 30.5 Å². The predicted octanol–water partition coefficient (Wildman–Crippen LogP) is 2.71. The van der Waals surface area contributed by atoms with Crippen LogP contribution in [0.5, 0.6) is 5.75 Å². The average molecular weight is 494 g/mol. The Bertz CT molecular complexity index is 869. The predicted molar refractivity (Wildman–Crippen MR) is 132 cm³/mol. The maximum atomic E-state index is 12.5. The van der Waals surface area contributed by atoms with Crippen LogP contribution in [0.25, 0.3) is 0 Å². The highest BCUT2D eigenvalue weighted by Gasteiger charge is 2.23. The molecule has 0 heterocycles. The Kier molecular flexibility index (Phi) is 12.8. The van der Waals surface area contributed by atoms with Gasteiger partial charge in [0.25, 0.3) is 0 Å². The molecule has 0 aliphatic heterocycles. The van der Waals surface area contributed by atoms with Crippen LogP contribution in [0.4, 0.5) is 5.69 Å². The van der Waals surface area contributed by atoms with Crippen molar-refractivity contribution in [1.29, 1.82) is 0 Å². The van der Waals surface area contributed by atoms with E-state index in [2.05, 4.69) is 16.0 Å². The molecule has 0 aliphatic rings. The van der Waals surface area contributed by atoms with Gasteiger partial charge in [0.1, 0.15) is 12.4 Å². The average Bonchev–Trinajstić information content (AvgIpc) is 2.77. The van der Waals surface area contributed by atoms with E-state index in [0.29, 0.717) is 17.0 Å². The number of carbonyl (C=O) groups excluding carboxylic acids is 3. The first kappa shape index (κ1) is 29.9. The summed E-state index contributed by atoms with van der Waals surface area (Å²) in [6.45, 7) is 11.1. The molecule has 0 saturated heterocycles. The van der Waals surface area contributed by atoms with Crippen LogP contribution in [0, 0.1) is 11.8 Å². The van der Waals surface area contributed by atoms with Crippen molar-refractivity contribution in [3.63, 3.8) is 0 Å². The molecule has 10 heteroatoms. The highest BCUT2D eigenvalue weighted by atomic mass is 16.5. The lowest BCUT2D eigenvalue weighted by Crippen LogP contribution is -2.51. The maximum absolute atomic E-state index is 12.5. The zero-order chi connectivity index (χ0) is 26.5. The first-order valence-corrected chi connectivity index (χ1v) is 11.9. The Morgan fingerprint density at radius 2 is 1.71 bits per heavy atom. The van der Waals surface area contributed by atoms with E-state index in [9.17, 15) is 19.2 Å². The smallest absolute Gasteiger partial charge is 0.308 e. The highest BCUT2D eigenvalue weighted by molar-refractivity contribution is 5.96. The van der Waals surface area contributed by atoms with Crippen LogP contribution in [0.2, 0.25) is 0 Å². The topological polar surface area (TPSA) is 143 Å². The molecule has 0 fully saturated rings. The number of anilines is 1. The third-order valence-corrected chi connectivity index (χ3v) is 4.85. The number of benzene rings is 1. The van der Waals surface area contributed by atoms with E-state index in [1.54, 1.807) is 32.0 Å². The molecule has 10 nitrogen and oxygen atoms in total. The van der Waals surface area contributed by atoms with Gasteiger partial charge in [-0.3, -0.25) is 19.2 Å². The molecule has 0 spiro atoms. The number of ether oxygens (including phenoxy) is 2. The van der Waals surface area contributed by atoms with E-state index in [-0.39, 0.29) is 62.4 Å². The van der Waals surface area contributed by atoms with Gasteiger partial charge in [-0.1, -0.05) is 47.6 Å². The van der Waals surface area contributed by atoms with Gasteiger partial charge in [-0.2, -0.15) is 0 Å². The molecule has 1 aromatic rings. The van der Waals surface area contributed by atoms with Gasteiger partial charge in [-0.05, 0) is 30.0 Å². The number of carbonyl (C=O) groups is 4. The van der Waals surface area contributed by atoms with Crippen molar-refractivity contribution >= 4 is 29.4 Å². The first-order chi connectivity index (χ1) is 16.4. The minimum Gasteiger partial charge on any atom is -0.491 e. The first-order valence-electron chi connectivity index (χ1n) is 11.9. The zero-order valence-electron chi connectivity index (χ0n) is 21.5. The SMILES string of the molecule is CC(C)NC(C(=O)NCC(=O)Nc1ccc(COC(=O)C(C)C)cc1OCCCC(=O)O)C(C)C. The number of rotatable bonds is 15. The molecule has 2 amide bonds. The highest BCUT2D eigenvalue weighted by Crippen LogP contribution is 2.27. The van der Waals surface area contributed by atoms with E-state index in [4.69, 9.17) is 14.6 Å². The number of hydrogen-bond donors (Lipinski definition) is 4. The molecule has 196 valence electrons. The molecule has 0 saturated carbocycles. The van der Waals surface area contributed by atoms with E-state index in [0.717, 1.165) is 0 Å². The van der Waals surface area contributed by atoms with Crippen molar-refractivity contribution in [3.05, 3.63) is 23.8 Å². The van der Waals surface area contributed by atoms with Crippen molar-refractivity contribution in [3.8, 4) is 5.75 Å². The van der Waals surface area contributed by atoms with Gasteiger partial charge < -0.3 is 30.5 Å². The van der Waals surface area contributed by atoms with E-state index < -0.39 is 17.9 Å². The molecule has 4 N–H and O–H groups in total. The Labute approximate surface area is 207 Å². The third-order valence-electron chi connectivity index (χ3n) is 4.85. The van der Waals surface area contributed by atoms with Crippen LogP contribution >= 0.6 is 0 Å². The van der Waals surface area contributed by atoms with Crippen molar-refractivity contribution in [1.82, 2.24) is 10.6 Å². The fourth-order valence-corrected chi connectivity index (χ4v) is 3.01. The summed E-state index contributed by atoms with van der Waals surface area (Å²) >= 11 is 0. The number of esters is 1. The lowest BCUT2D eigenvalue weighted by molar-refractivity contribution is -0.148. The molecule has 35 heavy (non-hydrogen) atoms. The van der Waals surface area contributed by atoms with Gasteiger partial charge in [0.05, 0.1) is 30.8 Å². The van der Waals surface area contributed by atoms with Gasteiger partial charge >= 0.3 is 11.9 Å². The van der Waals surface area contributed by atoms with Gasteiger partial charge in [-0.25, -0.2) is 0 Å². The number of carboxylic acid groups (broad SMARTS) is 1. The van der Waals surface area contributed by atoms with Crippen LogP contribution in [-0.4, -0.2) is 54.1 Å². The summed E-state index contributed by atoms with van der Waals surface area (Å²) in [7, 11) is 0. The van der Waals surface area contributed by atoms with Crippen molar-refractivity contribution in [2.75, 3.05) is 18.5 Å². The summed E-state index contributed by atoms with van der Waals surface area (Å²) in [6.07, 6.45) is 0.228. The molecular formula is C25H39N3O7. The molecule has 0 aromatic heterocycles. The Morgan fingerprint density at radius 3 is 2.29 bits per heavy atom. The van der Waals surface area contributed by atoms with E-state index in [1.807, 2.05) is 27.7 Å². The summed E-state index contributed by atoms with van der Waals surface area (Å²) in [5.74, 6) is -1.89. The van der Waals surface area contributed by atoms with E-state index >= 15 is 0 Å².